The second kappa shape index (κ2) is 11.1. The van der Waals surface area contributed by atoms with E-state index in [0.717, 1.165) is 31.1 Å². The maximum absolute atomic E-state index is 13.2. The number of nitrogens with one attached hydrogen (secondary N) is 1. The molecule has 11 heteroatoms. The van der Waals surface area contributed by atoms with Gasteiger partial charge in [-0.2, -0.15) is 13.2 Å². The predicted molar refractivity (Wildman–Crippen MR) is 146 cm³/mol. The SMILES string of the molecule is Cc1cc(N2CCC[C@@](CCc3cccc(C(F)(F)F)c3)(N(C)C)C2)cc(C)c1S(=O)(=O)Nc1ccncn1. The smallest absolute Gasteiger partial charge is 0.370 e. The van der Waals surface area contributed by atoms with Gasteiger partial charge in [-0.3, -0.25) is 4.72 Å². The Labute approximate surface area is 228 Å². The molecule has 1 fully saturated rings. The molecule has 1 atom stereocenters. The van der Waals surface area contributed by atoms with Gasteiger partial charge >= 0.3 is 6.18 Å². The third-order valence-corrected chi connectivity index (χ3v) is 9.20. The Morgan fingerprint density at radius 1 is 1.10 bits per heavy atom. The average Bonchev–Trinajstić information content (AvgIpc) is 2.87. The normalized spacial score (nSPS) is 18.4. The van der Waals surface area contributed by atoms with Gasteiger partial charge in [-0.15, -0.1) is 0 Å². The van der Waals surface area contributed by atoms with Crippen molar-refractivity contribution in [2.24, 2.45) is 0 Å². The van der Waals surface area contributed by atoms with Gasteiger partial charge in [-0.05, 0) is 94.6 Å². The van der Waals surface area contributed by atoms with Crippen molar-refractivity contribution in [3.63, 3.8) is 0 Å². The number of aryl methyl sites for hydroxylation is 3. The van der Waals surface area contributed by atoms with Crippen LogP contribution in [0.1, 0.15) is 41.5 Å². The Hall–Kier alpha value is -3.18. The number of anilines is 2. The monoisotopic (exact) mass is 561 g/mol. The molecule has 39 heavy (non-hydrogen) atoms. The number of benzene rings is 2. The van der Waals surface area contributed by atoms with Crippen LogP contribution in [-0.4, -0.2) is 56.0 Å². The first-order chi connectivity index (χ1) is 18.3. The fourth-order valence-corrected chi connectivity index (χ4v) is 6.94. The molecule has 1 aliphatic rings. The van der Waals surface area contributed by atoms with Crippen molar-refractivity contribution in [3.8, 4) is 0 Å². The number of hydrogen-bond acceptors (Lipinski definition) is 6. The van der Waals surface area contributed by atoms with Gasteiger partial charge in [0.25, 0.3) is 10.0 Å². The Morgan fingerprint density at radius 3 is 2.44 bits per heavy atom. The van der Waals surface area contributed by atoms with E-state index < -0.39 is 21.8 Å². The zero-order valence-electron chi connectivity index (χ0n) is 22.6. The number of halogens is 3. The van der Waals surface area contributed by atoms with Crippen LogP contribution in [0.2, 0.25) is 0 Å². The van der Waals surface area contributed by atoms with Gasteiger partial charge in [0.1, 0.15) is 12.1 Å². The van der Waals surface area contributed by atoms with Crippen LogP contribution in [0.5, 0.6) is 0 Å². The molecule has 0 amide bonds. The molecule has 0 aliphatic carbocycles. The highest BCUT2D eigenvalue weighted by molar-refractivity contribution is 7.92. The molecule has 1 aliphatic heterocycles. The number of alkyl halides is 3. The van der Waals surface area contributed by atoms with E-state index in [1.54, 1.807) is 19.9 Å². The molecule has 0 radical (unpaired) electrons. The minimum Gasteiger partial charge on any atom is -0.370 e. The van der Waals surface area contributed by atoms with Crippen LogP contribution in [-0.2, 0) is 22.6 Å². The quantitative estimate of drug-likeness (QED) is 0.394. The lowest BCUT2D eigenvalue weighted by molar-refractivity contribution is -0.137. The summed E-state index contributed by atoms with van der Waals surface area (Å²) in [5, 5.41) is 0. The summed E-state index contributed by atoms with van der Waals surface area (Å²) in [6.45, 7) is 5.05. The number of likely N-dealkylation sites (N-methyl/N-ethyl adjacent to an activating group) is 1. The van der Waals surface area contributed by atoms with Gasteiger partial charge in [0.2, 0.25) is 0 Å². The van der Waals surface area contributed by atoms with E-state index >= 15 is 0 Å². The summed E-state index contributed by atoms with van der Waals surface area (Å²) in [7, 11) is 0.170. The first-order valence-electron chi connectivity index (χ1n) is 12.8. The molecular weight excluding hydrogens is 527 g/mol. The predicted octanol–water partition coefficient (Wildman–Crippen LogP) is 5.45. The maximum Gasteiger partial charge on any atom is 0.416 e. The fraction of sp³-hybridized carbons (Fsp3) is 0.429. The van der Waals surface area contributed by atoms with Gasteiger partial charge in [0, 0.05) is 30.5 Å². The van der Waals surface area contributed by atoms with Crippen molar-refractivity contribution < 1.29 is 21.6 Å². The van der Waals surface area contributed by atoms with Crippen molar-refractivity contribution in [1.29, 1.82) is 0 Å². The van der Waals surface area contributed by atoms with Crippen molar-refractivity contribution in [1.82, 2.24) is 14.9 Å². The molecule has 1 aromatic heterocycles. The van der Waals surface area contributed by atoms with Crippen molar-refractivity contribution in [2.75, 3.05) is 36.8 Å². The summed E-state index contributed by atoms with van der Waals surface area (Å²) >= 11 is 0. The number of piperidine rings is 1. The maximum atomic E-state index is 13.2. The highest BCUT2D eigenvalue weighted by Crippen LogP contribution is 2.36. The number of hydrogen-bond donors (Lipinski definition) is 1. The standard InChI is InChI=1S/C28H34F3N5O2S/c1-20-15-24(16-21(2)26(20)39(37,38)34-25-10-13-32-19-33-25)36-14-6-11-27(18-36,35(3)4)12-9-22-7-5-8-23(17-22)28(29,30)31/h5,7-8,10,13,15-17,19H,6,9,11-12,14,18H2,1-4H3,(H,32,33,34)/t27-/m0/s1. The minimum absolute atomic E-state index is 0.195. The molecule has 0 spiro atoms. The van der Waals surface area contributed by atoms with E-state index in [2.05, 4.69) is 24.5 Å². The third-order valence-electron chi connectivity index (χ3n) is 7.54. The van der Waals surface area contributed by atoms with Crippen molar-refractivity contribution in [2.45, 2.75) is 56.1 Å². The molecule has 7 nitrogen and oxygen atoms in total. The van der Waals surface area contributed by atoms with Gasteiger partial charge in [0.15, 0.2) is 0 Å². The van der Waals surface area contributed by atoms with Gasteiger partial charge in [-0.25, -0.2) is 18.4 Å². The van der Waals surface area contributed by atoms with Gasteiger partial charge in [0.05, 0.1) is 10.5 Å². The lowest BCUT2D eigenvalue weighted by atomic mass is 9.82. The zero-order valence-corrected chi connectivity index (χ0v) is 23.4. The molecule has 0 bridgehead atoms. The fourth-order valence-electron chi connectivity index (χ4n) is 5.48. The summed E-state index contributed by atoms with van der Waals surface area (Å²) in [4.78, 5) is 12.4. The largest absolute Gasteiger partial charge is 0.416 e. The average molecular weight is 562 g/mol. The van der Waals surface area contributed by atoms with Gasteiger partial charge < -0.3 is 9.80 Å². The van der Waals surface area contributed by atoms with Crippen LogP contribution in [0.25, 0.3) is 0 Å². The van der Waals surface area contributed by atoms with E-state index in [1.807, 2.05) is 26.2 Å². The summed E-state index contributed by atoms with van der Waals surface area (Å²) in [6.07, 6.45) is 1.44. The molecule has 0 saturated carbocycles. The summed E-state index contributed by atoms with van der Waals surface area (Å²) in [5.41, 5.74) is 1.97. The Morgan fingerprint density at radius 2 is 1.82 bits per heavy atom. The molecule has 2 aromatic carbocycles. The first-order valence-corrected chi connectivity index (χ1v) is 14.3. The molecule has 1 N–H and O–H groups in total. The second-order valence-electron chi connectivity index (χ2n) is 10.5. The number of aromatic nitrogens is 2. The summed E-state index contributed by atoms with van der Waals surface area (Å²) < 4.78 is 68.5. The van der Waals surface area contributed by atoms with E-state index in [4.69, 9.17) is 0 Å². The van der Waals surface area contributed by atoms with Crippen LogP contribution < -0.4 is 9.62 Å². The van der Waals surface area contributed by atoms with E-state index in [1.165, 1.54) is 30.7 Å². The highest BCUT2D eigenvalue weighted by atomic mass is 32.2. The van der Waals surface area contributed by atoms with Crippen LogP contribution in [0.4, 0.5) is 24.7 Å². The molecule has 210 valence electrons. The van der Waals surface area contributed by atoms with Gasteiger partial charge in [-0.1, -0.05) is 18.2 Å². The lowest BCUT2D eigenvalue weighted by Crippen LogP contribution is -2.56. The van der Waals surface area contributed by atoms with Crippen LogP contribution in [0, 0.1) is 13.8 Å². The Balaban J connectivity index is 1.56. The van der Waals surface area contributed by atoms with Crippen LogP contribution >= 0.6 is 0 Å². The van der Waals surface area contributed by atoms with E-state index in [0.29, 0.717) is 36.1 Å². The Bertz CT molecular complexity index is 1390. The van der Waals surface area contributed by atoms with Crippen molar-refractivity contribution in [3.05, 3.63) is 77.2 Å². The molecular formula is C28H34F3N5O2S. The van der Waals surface area contributed by atoms with E-state index in [9.17, 15) is 21.6 Å². The van der Waals surface area contributed by atoms with E-state index in [-0.39, 0.29) is 16.3 Å². The molecule has 0 unspecified atom stereocenters. The summed E-state index contributed by atoms with van der Waals surface area (Å²) in [6, 6.07) is 10.8. The number of sulfonamides is 1. The number of nitrogens with zero attached hydrogens (tertiary/aromatic N) is 4. The van der Waals surface area contributed by atoms with Crippen molar-refractivity contribution >= 4 is 21.5 Å². The topological polar surface area (TPSA) is 78.4 Å². The molecule has 4 rings (SSSR count). The second-order valence-corrected chi connectivity index (χ2v) is 12.1. The minimum atomic E-state index is -4.36. The highest BCUT2D eigenvalue weighted by Gasteiger charge is 2.38. The summed E-state index contributed by atoms with van der Waals surface area (Å²) in [5.74, 6) is 0.195. The lowest BCUT2D eigenvalue weighted by Gasteiger charge is -2.48. The molecule has 2 heterocycles. The third kappa shape index (κ3) is 6.52. The van der Waals surface area contributed by atoms with Crippen LogP contribution in [0.3, 0.4) is 0 Å². The zero-order chi connectivity index (χ0) is 28.4. The Kier molecular flexibility index (Phi) is 8.22. The molecule has 3 aromatic rings. The number of rotatable bonds is 8. The molecule has 1 saturated heterocycles. The van der Waals surface area contributed by atoms with Crippen LogP contribution in [0.15, 0.2) is 59.9 Å². The first kappa shape index (κ1) is 28.8.